The van der Waals surface area contributed by atoms with Gasteiger partial charge in [-0.25, -0.2) is 15.6 Å². The lowest BCUT2D eigenvalue weighted by molar-refractivity contribution is 0.242. The first-order valence-corrected chi connectivity index (χ1v) is 7.39. The van der Waals surface area contributed by atoms with E-state index in [2.05, 4.69) is 21.1 Å². The fourth-order valence-corrected chi connectivity index (χ4v) is 1.90. The molecule has 26 heavy (non-hydrogen) atoms. The van der Waals surface area contributed by atoms with Crippen LogP contribution in [0.15, 0.2) is 46.6 Å². The van der Waals surface area contributed by atoms with Gasteiger partial charge in [0.05, 0.1) is 26.6 Å². The van der Waals surface area contributed by atoms with Gasteiger partial charge in [0.1, 0.15) is 0 Å². The lowest BCUT2D eigenvalue weighted by Gasteiger charge is -2.04. The number of nitrogens with zero attached hydrogens (tertiary/aromatic N) is 2. The highest BCUT2D eigenvalue weighted by Crippen LogP contribution is 2.26. The summed E-state index contributed by atoms with van der Waals surface area (Å²) in [6.45, 7) is 0. The molecule has 0 heterocycles. The van der Waals surface area contributed by atoms with E-state index < -0.39 is 6.03 Å². The van der Waals surface area contributed by atoms with Crippen LogP contribution in [-0.4, -0.2) is 42.9 Å². The molecule has 0 aliphatic rings. The summed E-state index contributed by atoms with van der Waals surface area (Å²) in [4.78, 5) is 11.6. The van der Waals surface area contributed by atoms with E-state index >= 15 is 0 Å². The molecule has 4 N–H and O–H groups in total. The molecule has 0 radical (unpaired) electrons. The van der Waals surface area contributed by atoms with Crippen molar-refractivity contribution in [1.82, 2.24) is 10.9 Å². The third-order valence-electron chi connectivity index (χ3n) is 3.17. The van der Waals surface area contributed by atoms with Crippen molar-refractivity contribution in [3.8, 4) is 23.0 Å². The molecule has 9 heteroatoms. The average molecular weight is 358 g/mol. The average Bonchev–Trinajstić information content (AvgIpc) is 2.64. The van der Waals surface area contributed by atoms with Crippen LogP contribution in [0.25, 0.3) is 0 Å². The second-order valence-electron chi connectivity index (χ2n) is 4.93. The van der Waals surface area contributed by atoms with Gasteiger partial charge in [-0.1, -0.05) is 0 Å². The second kappa shape index (κ2) is 8.92. The topological polar surface area (TPSA) is 125 Å². The van der Waals surface area contributed by atoms with Crippen LogP contribution in [0.1, 0.15) is 11.1 Å². The molecule has 136 valence electrons. The Labute approximate surface area is 149 Å². The van der Waals surface area contributed by atoms with Crippen molar-refractivity contribution < 1.29 is 24.5 Å². The van der Waals surface area contributed by atoms with Crippen LogP contribution < -0.4 is 20.3 Å². The van der Waals surface area contributed by atoms with Crippen molar-refractivity contribution in [1.29, 1.82) is 0 Å². The minimum absolute atomic E-state index is 0.00977. The van der Waals surface area contributed by atoms with E-state index in [0.717, 1.165) is 0 Å². The number of phenols is 2. The van der Waals surface area contributed by atoms with Crippen molar-refractivity contribution in [3.05, 3.63) is 47.5 Å². The fraction of sp³-hybridized carbons (Fsp3) is 0.118. The van der Waals surface area contributed by atoms with E-state index in [-0.39, 0.29) is 11.5 Å². The maximum absolute atomic E-state index is 11.6. The van der Waals surface area contributed by atoms with Gasteiger partial charge in [0.2, 0.25) is 0 Å². The molecule has 2 aromatic rings. The summed E-state index contributed by atoms with van der Waals surface area (Å²) in [5.41, 5.74) is 5.73. The number of urea groups is 1. The van der Waals surface area contributed by atoms with Crippen molar-refractivity contribution in [3.63, 3.8) is 0 Å². The van der Waals surface area contributed by atoms with E-state index in [0.29, 0.717) is 22.6 Å². The first kappa shape index (κ1) is 18.6. The van der Waals surface area contributed by atoms with Gasteiger partial charge in [0.15, 0.2) is 23.0 Å². The Morgan fingerprint density at radius 2 is 1.31 bits per heavy atom. The van der Waals surface area contributed by atoms with Gasteiger partial charge in [0.25, 0.3) is 0 Å². The van der Waals surface area contributed by atoms with Crippen LogP contribution >= 0.6 is 0 Å². The van der Waals surface area contributed by atoms with Crippen LogP contribution in [0, 0.1) is 0 Å². The number of phenolic OH excluding ortho intramolecular Hbond substituents is 2. The maximum Gasteiger partial charge on any atom is 0.355 e. The van der Waals surface area contributed by atoms with Gasteiger partial charge in [-0.3, -0.25) is 0 Å². The van der Waals surface area contributed by atoms with Gasteiger partial charge < -0.3 is 19.7 Å². The number of rotatable bonds is 6. The zero-order chi connectivity index (χ0) is 18.9. The predicted molar refractivity (Wildman–Crippen MR) is 96.2 cm³/mol. The lowest BCUT2D eigenvalue weighted by Crippen LogP contribution is -2.28. The van der Waals surface area contributed by atoms with Gasteiger partial charge in [-0.15, -0.1) is 0 Å². The smallest absolute Gasteiger partial charge is 0.355 e. The zero-order valence-electron chi connectivity index (χ0n) is 14.1. The summed E-state index contributed by atoms with van der Waals surface area (Å²) < 4.78 is 9.95. The van der Waals surface area contributed by atoms with Gasteiger partial charge in [-0.2, -0.15) is 10.2 Å². The highest BCUT2D eigenvalue weighted by atomic mass is 16.5. The predicted octanol–water partition coefficient (Wildman–Crippen LogP) is 1.78. The summed E-state index contributed by atoms with van der Waals surface area (Å²) in [5, 5.41) is 26.5. The van der Waals surface area contributed by atoms with Gasteiger partial charge in [0, 0.05) is 0 Å². The zero-order valence-corrected chi connectivity index (χ0v) is 14.1. The van der Waals surface area contributed by atoms with Crippen molar-refractivity contribution >= 4 is 18.5 Å². The molecule has 0 saturated heterocycles. The van der Waals surface area contributed by atoms with Crippen molar-refractivity contribution in [2.24, 2.45) is 10.2 Å². The normalized spacial score (nSPS) is 10.8. The third-order valence-corrected chi connectivity index (χ3v) is 3.17. The number of nitrogens with one attached hydrogen (secondary N) is 2. The number of benzene rings is 2. The number of aromatic hydroxyl groups is 2. The molecule has 0 aliphatic heterocycles. The highest BCUT2D eigenvalue weighted by molar-refractivity contribution is 5.84. The summed E-state index contributed by atoms with van der Waals surface area (Å²) in [6, 6.07) is 8.61. The van der Waals surface area contributed by atoms with Crippen LogP contribution in [0.3, 0.4) is 0 Å². The van der Waals surface area contributed by atoms with E-state index in [9.17, 15) is 15.0 Å². The Morgan fingerprint density at radius 3 is 1.69 bits per heavy atom. The molecule has 0 spiro atoms. The Balaban J connectivity index is 1.87. The second-order valence-corrected chi connectivity index (χ2v) is 4.93. The van der Waals surface area contributed by atoms with E-state index in [1.807, 2.05) is 0 Å². The SMILES string of the molecule is COc1cc(C=NNC(=O)NN=Cc2ccc(O)c(OC)c2)ccc1O. The van der Waals surface area contributed by atoms with Crippen LogP contribution in [0.2, 0.25) is 0 Å². The maximum atomic E-state index is 11.6. The van der Waals surface area contributed by atoms with Crippen LogP contribution in [0.5, 0.6) is 23.0 Å². The Morgan fingerprint density at radius 1 is 0.885 bits per heavy atom. The fourth-order valence-electron chi connectivity index (χ4n) is 1.90. The standard InChI is InChI=1S/C17H18N4O5/c1-25-15-7-11(3-5-13(15)22)9-18-20-17(24)21-19-10-12-4-6-14(23)16(8-12)26-2/h3-10,22-23H,1-2H3,(H2,20,21,24). The van der Waals surface area contributed by atoms with Crippen molar-refractivity contribution in [2.45, 2.75) is 0 Å². The lowest BCUT2D eigenvalue weighted by atomic mass is 10.2. The quantitative estimate of drug-likeness (QED) is 0.463. The Kier molecular flexibility index (Phi) is 6.38. The van der Waals surface area contributed by atoms with Crippen LogP contribution in [-0.2, 0) is 0 Å². The minimum atomic E-state index is -0.644. The monoisotopic (exact) mass is 358 g/mol. The molecule has 0 aromatic heterocycles. The molecule has 2 rings (SSSR count). The van der Waals surface area contributed by atoms with E-state index in [4.69, 9.17) is 9.47 Å². The number of hydrogen-bond acceptors (Lipinski definition) is 7. The first-order chi connectivity index (χ1) is 12.5. The molecule has 2 amide bonds. The number of ether oxygens (including phenoxy) is 2. The number of hydrazone groups is 2. The molecule has 0 bridgehead atoms. The number of methoxy groups -OCH3 is 2. The highest BCUT2D eigenvalue weighted by Gasteiger charge is 2.02. The summed E-state index contributed by atoms with van der Waals surface area (Å²) >= 11 is 0. The number of carbonyl (C=O) groups is 1. The molecule has 0 saturated carbocycles. The summed E-state index contributed by atoms with van der Waals surface area (Å²) in [7, 11) is 2.87. The largest absolute Gasteiger partial charge is 0.504 e. The summed E-state index contributed by atoms with van der Waals surface area (Å²) in [6.07, 6.45) is 2.77. The van der Waals surface area contributed by atoms with E-state index in [1.165, 1.54) is 38.8 Å². The van der Waals surface area contributed by atoms with Crippen LogP contribution in [0.4, 0.5) is 4.79 Å². The molecule has 0 aliphatic carbocycles. The van der Waals surface area contributed by atoms with Gasteiger partial charge >= 0.3 is 6.03 Å². The molecule has 0 fully saturated rings. The van der Waals surface area contributed by atoms with Gasteiger partial charge in [-0.05, 0) is 47.5 Å². The molecular weight excluding hydrogens is 340 g/mol. The summed E-state index contributed by atoms with van der Waals surface area (Å²) in [5.74, 6) is 0.616. The number of carbonyl (C=O) groups excluding carboxylic acids is 1. The molecule has 2 aromatic carbocycles. The number of amides is 2. The Hall–Kier alpha value is -3.75. The number of hydrogen-bond donors (Lipinski definition) is 4. The molecule has 9 nitrogen and oxygen atoms in total. The first-order valence-electron chi connectivity index (χ1n) is 7.39. The third kappa shape index (κ3) is 5.13. The minimum Gasteiger partial charge on any atom is -0.504 e. The van der Waals surface area contributed by atoms with E-state index in [1.54, 1.807) is 24.3 Å². The molecular formula is C17H18N4O5. The molecule has 0 atom stereocenters. The van der Waals surface area contributed by atoms with Crippen molar-refractivity contribution in [2.75, 3.05) is 14.2 Å². The molecule has 0 unspecified atom stereocenters. The Bertz CT molecular complexity index is 768.